The number of rotatable bonds is 5. The van der Waals surface area contributed by atoms with Gasteiger partial charge in [-0.15, -0.1) is 0 Å². The smallest absolute Gasteiger partial charge is 0.147 e. The quantitative estimate of drug-likeness (QED) is 0.828. The number of hydrogen-bond donors (Lipinski definition) is 1. The van der Waals surface area contributed by atoms with Crippen LogP contribution in [0, 0.1) is 0 Å². The minimum atomic E-state index is -0.260. The molecule has 0 radical (unpaired) electrons. The van der Waals surface area contributed by atoms with Crippen LogP contribution >= 0.6 is 11.6 Å². The van der Waals surface area contributed by atoms with Gasteiger partial charge in [0.15, 0.2) is 0 Å². The van der Waals surface area contributed by atoms with Crippen molar-refractivity contribution in [1.82, 2.24) is 14.9 Å². The third-order valence-electron chi connectivity index (χ3n) is 2.03. The van der Waals surface area contributed by atoms with Gasteiger partial charge < -0.3 is 10.0 Å². The van der Waals surface area contributed by atoms with Gasteiger partial charge in [0.05, 0.1) is 24.2 Å². The van der Waals surface area contributed by atoms with E-state index in [9.17, 15) is 0 Å². The average Bonchev–Trinajstić information content (AvgIpc) is 2.19. The van der Waals surface area contributed by atoms with Crippen LogP contribution in [0.5, 0.6) is 0 Å². The molecule has 0 aliphatic carbocycles. The molecule has 0 saturated carbocycles. The maximum Gasteiger partial charge on any atom is 0.147 e. The molecule has 4 nitrogen and oxygen atoms in total. The topological polar surface area (TPSA) is 49.2 Å². The molecule has 1 atom stereocenters. The van der Waals surface area contributed by atoms with Gasteiger partial charge in [0, 0.05) is 13.1 Å². The molecular formula is C10H16ClN3O. The van der Waals surface area contributed by atoms with E-state index in [0.29, 0.717) is 5.15 Å². The Morgan fingerprint density at radius 1 is 1.47 bits per heavy atom. The lowest BCUT2D eigenvalue weighted by Crippen LogP contribution is -2.22. The summed E-state index contributed by atoms with van der Waals surface area (Å²) >= 11 is 5.63. The van der Waals surface area contributed by atoms with Crippen molar-refractivity contribution in [3.05, 3.63) is 23.2 Å². The van der Waals surface area contributed by atoms with Crippen LogP contribution in [0.25, 0.3) is 0 Å². The van der Waals surface area contributed by atoms with Crippen molar-refractivity contribution < 1.29 is 5.11 Å². The van der Waals surface area contributed by atoms with Gasteiger partial charge in [-0.1, -0.05) is 11.6 Å². The Balaban J connectivity index is 2.37. The third-order valence-corrected chi connectivity index (χ3v) is 2.23. The fraction of sp³-hybridized carbons (Fsp3) is 0.600. The molecule has 5 heteroatoms. The van der Waals surface area contributed by atoms with Gasteiger partial charge in [-0.05, 0) is 20.4 Å². The minimum Gasteiger partial charge on any atom is -0.393 e. The summed E-state index contributed by atoms with van der Waals surface area (Å²) in [6, 6.07) is 0. The van der Waals surface area contributed by atoms with Crippen molar-refractivity contribution in [1.29, 1.82) is 0 Å². The van der Waals surface area contributed by atoms with Gasteiger partial charge in [-0.25, -0.2) is 4.98 Å². The molecular weight excluding hydrogens is 214 g/mol. The number of aliphatic hydroxyl groups excluding tert-OH is 1. The molecule has 0 aliphatic heterocycles. The molecule has 1 rings (SSSR count). The third kappa shape index (κ3) is 5.06. The highest BCUT2D eigenvalue weighted by Crippen LogP contribution is 2.04. The molecule has 0 saturated heterocycles. The van der Waals surface area contributed by atoms with E-state index in [2.05, 4.69) is 14.9 Å². The molecule has 0 aromatic carbocycles. The maximum atomic E-state index is 9.13. The van der Waals surface area contributed by atoms with Gasteiger partial charge in [0.2, 0.25) is 0 Å². The zero-order valence-corrected chi connectivity index (χ0v) is 9.78. The van der Waals surface area contributed by atoms with Crippen molar-refractivity contribution in [3.8, 4) is 0 Å². The highest BCUT2D eigenvalue weighted by molar-refractivity contribution is 6.29. The summed E-state index contributed by atoms with van der Waals surface area (Å²) < 4.78 is 0. The molecule has 0 fully saturated rings. The molecule has 1 unspecified atom stereocenters. The largest absolute Gasteiger partial charge is 0.393 e. The van der Waals surface area contributed by atoms with Crippen LogP contribution in [0.1, 0.15) is 19.0 Å². The molecule has 0 amide bonds. The van der Waals surface area contributed by atoms with E-state index < -0.39 is 0 Å². The lowest BCUT2D eigenvalue weighted by atomic mass is 10.2. The first kappa shape index (κ1) is 12.4. The Labute approximate surface area is 94.9 Å². The first-order chi connectivity index (χ1) is 7.08. The van der Waals surface area contributed by atoms with Crippen LogP contribution in [-0.2, 0) is 6.54 Å². The summed E-state index contributed by atoms with van der Waals surface area (Å²) in [5, 5.41) is 9.54. The van der Waals surface area contributed by atoms with E-state index >= 15 is 0 Å². The first-order valence-electron chi connectivity index (χ1n) is 4.91. The number of aromatic nitrogens is 2. The molecule has 15 heavy (non-hydrogen) atoms. The zero-order chi connectivity index (χ0) is 11.3. The Morgan fingerprint density at radius 3 is 2.73 bits per heavy atom. The summed E-state index contributed by atoms with van der Waals surface area (Å²) in [5.74, 6) is 0. The number of hydrogen-bond acceptors (Lipinski definition) is 4. The summed E-state index contributed by atoms with van der Waals surface area (Å²) in [7, 11) is 1.98. The summed E-state index contributed by atoms with van der Waals surface area (Å²) in [4.78, 5) is 10.2. The summed E-state index contributed by atoms with van der Waals surface area (Å²) in [6.45, 7) is 3.34. The van der Waals surface area contributed by atoms with Gasteiger partial charge in [-0.3, -0.25) is 4.98 Å². The van der Waals surface area contributed by atoms with Crippen LogP contribution in [0.3, 0.4) is 0 Å². The van der Waals surface area contributed by atoms with E-state index in [-0.39, 0.29) is 6.10 Å². The minimum absolute atomic E-state index is 0.260. The van der Waals surface area contributed by atoms with Gasteiger partial charge in [-0.2, -0.15) is 0 Å². The fourth-order valence-corrected chi connectivity index (χ4v) is 1.28. The second kappa shape index (κ2) is 6.00. The normalized spacial score (nSPS) is 13.1. The van der Waals surface area contributed by atoms with Crippen molar-refractivity contribution in [2.45, 2.75) is 26.0 Å². The number of nitrogens with zero attached hydrogens (tertiary/aromatic N) is 3. The van der Waals surface area contributed by atoms with Crippen molar-refractivity contribution in [3.63, 3.8) is 0 Å². The van der Waals surface area contributed by atoms with Crippen molar-refractivity contribution >= 4 is 11.6 Å². The van der Waals surface area contributed by atoms with Crippen LogP contribution < -0.4 is 0 Å². The molecule has 1 N–H and O–H groups in total. The lowest BCUT2D eigenvalue weighted by molar-refractivity contribution is 0.162. The second-order valence-corrected chi connectivity index (χ2v) is 4.09. The highest BCUT2D eigenvalue weighted by atomic mass is 35.5. The molecule has 0 spiro atoms. The maximum absolute atomic E-state index is 9.13. The molecule has 84 valence electrons. The molecule has 0 bridgehead atoms. The monoisotopic (exact) mass is 229 g/mol. The standard InChI is InChI=1S/C10H16ClN3O/c1-8(15)3-4-14(2)7-9-5-13-10(11)6-12-9/h5-6,8,15H,3-4,7H2,1-2H3. The van der Waals surface area contributed by atoms with Crippen LogP contribution in [0.4, 0.5) is 0 Å². The SMILES string of the molecule is CC(O)CCN(C)Cc1cnc(Cl)cn1. The van der Waals surface area contributed by atoms with E-state index in [1.165, 1.54) is 0 Å². The predicted octanol–water partition coefficient (Wildman–Crippen LogP) is 1.33. The zero-order valence-electron chi connectivity index (χ0n) is 9.02. The highest BCUT2D eigenvalue weighted by Gasteiger charge is 2.03. The number of halogens is 1. The lowest BCUT2D eigenvalue weighted by Gasteiger charge is -2.16. The number of aliphatic hydroxyl groups is 1. The summed E-state index contributed by atoms with van der Waals surface area (Å²) in [6.07, 6.45) is 3.71. The Hall–Kier alpha value is -0.710. The predicted molar refractivity (Wildman–Crippen MR) is 59.7 cm³/mol. The molecule has 1 aromatic rings. The Kier molecular flexibility index (Phi) is 4.94. The van der Waals surface area contributed by atoms with Gasteiger partial charge >= 0.3 is 0 Å². The van der Waals surface area contributed by atoms with Crippen LogP contribution in [0.15, 0.2) is 12.4 Å². The molecule has 1 heterocycles. The van der Waals surface area contributed by atoms with Gasteiger partial charge in [0.25, 0.3) is 0 Å². The average molecular weight is 230 g/mol. The molecule has 1 aromatic heterocycles. The Bertz CT molecular complexity index is 289. The Morgan fingerprint density at radius 2 is 2.20 bits per heavy atom. The van der Waals surface area contributed by atoms with Crippen molar-refractivity contribution in [2.75, 3.05) is 13.6 Å². The first-order valence-corrected chi connectivity index (χ1v) is 5.28. The van der Waals surface area contributed by atoms with Gasteiger partial charge in [0.1, 0.15) is 5.15 Å². The summed E-state index contributed by atoms with van der Waals surface area (Å²) in [5.41, 5.74) is 0.882. The second-order valence-electron chi connectivity index (χ2n) is 3.71. The van der Waals surface area contributed by atoms with Crippen LogP contribution in [-0.4, -0.2) is 39.7 Å². The van der Waals surface area contributed by atoms with E-state index in [4.69, 9.17) is 16.7 Å². The fourth-order valence-electron chi connectivity index (χ4n) is 1.18. The van der Waals surface area contributed by atoms with Crippen molar-refractivity contribution in [2.24, 2.45) is 0 Å². The van der Waals surface area contributed by atoms with E-state index in [1.54, 1.807) is 19.3 Å². The van der Waals surface area contributed by atoms with E-state index in [0.717, 1.165) is 25.2 Å². The van der Waals surface area contributed by atoms with E-state index in [1.807, 2.05) is 7.05 Å². The molecule has 0 aliphatic rings. The van der Waals surface area contributed by atoms with Crippen LogP contribution in [0.2, 0.25) is 5.15 Å².